The molecule has 0 fully saturated rings. The number of nitrogens with zero attached hydrogens (tertiary/aromatic N) is 4. The molecule has 0 aliphatic heterocycles. The number of carbonyl (C=O) groups excluding carboxylic acids is 1. The number of nitrogens with one attached hydrogen (secondary N) is 1. The zero-order valence-corrected chi connectivity index (χ0v) is 25.6. The van der Waals surface area contributed by atoms with Crippen molar-refractivity contribution in [2.24, 2.45) is 5.41 Å². The first-order valence-corrected chi connectivity index (χ1v) is 15.1. The molecule has 40 heavy (non-hydrogen) atoms. The van der Waals surface area contributed by atoms with Crippen molar-refractivity contribution in [3.05, 3.63) is 33.8 Å². The van der Waals surface area contributed by atoms with Crippen molar-refractivity contribution >= 4 is 50.5 Å². The highest BCUT2D eigenvalue weighted by molar-refractivity contribution is 7.89. The summed E-state index contributed by atoms with van der Waals surface area (Å²) in [6.45, 7) is 11.0. The van der Waals surface area contributed by atoms with Crippen molar-refractivity contribution < 1.29 is 30.8 Å². The van der Waals surface area contributed by atoms with Crippen LogP contribution in [0.1, 0.15) is 57.9 Å². The Bertz CT molecular complexity index is 1500. The van der Waals surface area contributed by atoms with E-state index in [0.29, 0.717) is 32.3 Å². The maximum atomic E-state index is 13.4. The van der Waals surface area contributed by atoms with E-state index >= 15 is 0 Å². The van der Waals surface area contributed by atoms with Crippen LogP contribution in [-0.4, -0.2) is 59.7 Å². The molecule has 0 bridgehead atoms. The molecule has 1 atom stereocenters. The van der Waals surface area contributed by atoms with Crippen LogP contribution in [0, 0.1) is 5.41 Å². The maximum absolute atomic E-state index is 13.4. The van der Waals surface area contributed by atoms with E-state index in [-0.39, 0.29) is 37.5 Å². The van der Waals surface area contributed by atoms with Gasteiger partial charge in [0.05, 0.1) is 14.9 Å². The molecule has 2 heterocycles. The molecule has 0 saturated heterocycles. The fraction of sp³-hybridized carbons (Fsp3) is 0.500. The lowest BCUT2D eigenvalue weighted by molar-refractivity contribution is -0.147. The summed E-state index contributed by atoms with van der Waals surface area (Å²) in [4.78, 5) is 19.0. The Morgan fingerprint density at radius 3 is 2.30 bits per heavy atom. The van der Waals surface area contributed by atoms with E-state index < -0.39 is 38.1 Å². The second kappa shape index (κ2) is 11.9. The number of halogens is 5. The second-order valence-corrected chi connectivity index (χ2v) is 13.5. The van der Waals surface area contributed by atoms with Crippen molar-refractivity contribution in [2.75, 3.05) is 13.1 Å². The van der Waals surface area contributed by atoms with E-state index in [0.717, 1.165) is 17.4 Å². The van der Waals surface area contributed by atoms with Gasteiger partial charge in [-0.1, -0.05) is 50.0 Å². The monoisotopic (exact) mass is 641 g/mol. The van der Waals surface area contributed by atoms with Crippen LogP contribution in [0.25, 0.3) is 21.3 Å². The highest BCUT2D eigenvalue weighted by Gasteiger charge is 2.39. The Hall–Kier alpha value is -2.26. The summed E-state index contributed by atoms with van der Waals surface area (Å²) < 4.78 is 71.7. The molecule has 16 heteroatoms. The maximum Gasteiger partial charge on any atom is 0.404 e. The first kappa shape index (κ1) is 32.3. The topological polar surface area (TPSA) is 118 Å². The van der Waals surface area contributed by atoms with Crippen molar-refractivity contribution in [1.82, 2.24) is 24.8 Å². The van der Waals surface area contributed by atoms with Crippen molar-refractivity contribution in [1.29, 1.82) is 0 Å². The van der Waals surface area contributed by atoms with Gasteiger partial charge in [0.15, 0.2) is 5.01 Å². The molecule has 9 nitrogen and oxygen atoms in total. The minimum atomic E-state index is -4.82. The number of aromatic nitrogens is 3. The van der Waals surface area contributed by atoms with E-state index in [1.54, 1.807) is 18.6 Å². The largest absolute Gasteiger partial charge is 0.419 e. The quantitative estimate of drug-likeness (QED) is 0.284. The predicted octanol–water partition coefficient (Wildman–Crippen LogP) is 6.47. The van der Waals surface area contributed by atoms with Crippen LogP contribution >= 0.6 is 34.5 Å². The fourth-order valence-corrected chi connectivity index (χ4v) is 6.70. The third-order valence-corrected chi connectivity index (χ3v) is 9.27. The molecule has 1 amide bonds. The van der Waals surface area contributed by atoms with Gasteiger partial charge in [-0.3, -0.25) is 4.79 Å². The van der Waals surface area contributed by atoms with Gasteiger partial charge in [-0.15, -0.1) is 21.5 Å². The first-order valence-electron chi connectivity index (χ1n) is 12.1. The van der Waals surface area contributed by atoms with E-state index in [1.165, 1.54) is 11.0 Å². The number of alkyl halides is 3. The number of hydrogen-bond acceptors (Lipinski definition) is 8. The summed E-state index contributed by atoms with van der Waals surface area (Å²) in [5.41, 5.74) is 0.0284. The third kappa shape index (κ3) is 7.14. The van der Waals surface area contributed by atoms with Gasteiger partial charge in [-0.05, 0) is 32.3 Å². The molecule has 0 spiro atoms. The number of sulfonamides is 1. The average molecular weight is 643 g/mol. The van der Waals surface area contributed by atoms with Crippen LogP contribution < -0.4 is 4.72 Å². The van der Waals surface area contributed by atoms with E-state index in [2.05, 4.69) is 15.2 Å². The molecule has 0 radical (unpaired) electrons. The lowest BCUT2D eigenvalue weighted by atomic mass is 9.92. The normalized spacial score (nSPS) is 13.5. The lowest BCUT2D eigenvalue weighted by Gasteiger charge is -2.19. The smallest absolute Gasteiger partial charge is 0.404 e. The van der Waals surface area contributed by atoms with E-state index in [9.17, 15) is 26.4 Å². The van der Waals surface area contributed by atoms with Crippen LogP contribution in [0.15, 0.2) is 21.4 Å². The lowest BCUT2D eigenvalue weighted by Crippen LogP contribution is -2.43. The molecule has 3 aromatic rings. The van der Waals surface area contributed by atoms with Crippen LogP contribution in [0.3, 0.4) is 0 Å². The summed E-state index contributed by atoms with van der Waals surface area (Å²) >= 11 is 13.8. The molecule has 0 unspecified atom stereocenters. The van der Waals surface area contributed by atoms with Crippen LogP contribution in [-0.2, 0) is 16.4 Å². The van der Waals surface area contributed by atoms with Crippen molar-refractivity contribution in [3.8, 4) is 21.3 Å². The van der Waals surface area contributed by atoms with Crippen LogP contribution in [0.4, 0.5) is 13.2 Å². The molecular formula is C24H28Cl2F3N5O4S2. The Labute approximate surface area is 244 Å². The molecular weight excluding hydrogens is 614 g/mol. The number of thiazole rings is 1. The Morgan fingerprint density at radius 2 is 1.75 bits per heavy atom. The zero-order chi connectivity index (χ0) is 30.2. The Balaban J connectivity index is 2.14. The standard InChI is InChI=1S/C24H28Cl2F3N5O4S2/c1-7-34(8-2)22(35)18-19(39-21(30-18)20-32-31-15(38-20)11-23(4,5)6)13-9-10-14(17(26)16(13)25)40(36,37)33-12(3)24(27,28)29/h9-10,12,33H,7-8,11H2,1-6H3/t12-/m0/s1. The molecule has 3 rings (SSSR count). The molecule has 0 saturated carbocycles. The molecule has 0 aliphatic rings. The van der Waals surface area contributed by atoms with E-state index in [1.807, 2.05) is 20.8 Å². The van der Waals surface area contributed by atoms with Crippen molar-refractivity contribution in [3.63, 3.8) is 0 Å². The van der Waals surface area contributed by atoms with Crippen LogP contribution in [0.5, 0.6) is 0 Å². The zero-order valence-electron chi connectivity index (χ0n) is 22.5. The minimum Gasteiger partial charge on any atom is -0.419 e. The van der Waals surface area contributed by atoms with Gasteiger partial charge < -0.3 is 9.32 Å². The van der Waals surface area contributed by atoms with Gasteiger partial charge >= 0.3 is 6.18 Å². The Kier molecular flexibility index (Phi) is 9.61. The first-order chi connectivity index (χ1) is 18.4. The third-order valence-electron chi connectivity index (χ3n) is 5.62. The Morgan fingerprint density at radius 1 is 1.12 bits per heavy atom. The number of rotatable bonds is 9. The summed E-state index contributed by atoms with van der Waals surface area (Å²) in [7, 11) is -4.70. The number of benzene rings is 1. The summed E-state index contributed by atoms with van der Waals surface area (Å²) in [6.07, 6.45) is -4.31. The fourth-order valence-electron chi connectivity index (χ4n) is 3.54. The number of carbonyl (C=O) groups is 1. The summed E-state index contributed by atoms with van der Waals surface area (Å²) in [5.74, 6) is 0.0319. The van der Waals surface area contributed by atoms with Gasteiger partial charge in [0.25, 0.3) is 11.8 Å². The number of hydrogen-bond donors (Lipinski definition) is 1. The molecule has 2 aromatic heterocycles. The second-order valence-electron chi connectivity index (χ2n) is 10.0. The summed E-state index contributed by atoms with van der Waals surface area (Å²) in [5, 5.41) is 7.56. The highest BCUT2D eigenvalue weighted by atomic mass is 35.5. The minimum absolute atomic E-state index is 0.00309. The van der Waals surface area contributed by atoms with Gasteiger partial charge in [0.2, 0.25) is 15.9 Å². The molecule has 0 aliphatic carbocycles. The van der Waals surface area contributed by atoms with E-state index in [4.69, 9.17) is 27.6 Å². The van der Waals surface area contributed by atoms with Gasteiger partial charge in [0, 0.05) is 25.1 Å². The molecule has 220 valence electrons. The van der Waals surface area contributed by atoms with Gasteiger partial charge in [0.1, 0.15) is 16.6 Å². The SMILES string of the molecule is CCN(CC)C(=O)c1nc(-c2nnc(CC(C)(C)C)o2)sc1-c1ccc(S(=O)(=O)N[C@@H](C)C(F)(F)F)c(Cl)c1Cl. The molecule has 1 aromatic carbocycles. The summed E-state index contributed by atoms with van der Waals surface area (Å²) in [6, 6.07) is -0.0865. The predicted molar refractivity (Wildman–Crippen MR) is 147 cm³/mol. The highest BCUT2D eigenvalue weighted by Crippen LogP contribution is 2.43. The van der Waals surface area contributed by atoms with Gasteiger partial charge in [-0.25, -0.2) is 13.4 Å². The average Bonchev–Trinajstić information content (AvgIpc) is 3.46. The van der Waals surface area contributed by atoms with Gasteiger partial charge in [-0.2, -0.15) is 17.9 Å². The van der Waals surface area contributed by atoms with Crippen molar-refractivity contribution in [2.45, 2.75) is 65.1 Å². The number of amides is 1. The van der Waals surface area contributed by atoms with Crippen LogP contribution in [0.2, 0.25) is 10.0 Å². The molecule has 1 N–H and O–H groups in total.